The SMILES string of the molecule is CC1CCC(n2c(N)n[nH]c2=S)C1. The highest BCUT2D eigenvalue weighted by atomic mass is 32.1. The maximum Gasteiger partial charge on any atom is 0.220 e. The Morgan fingerprint density at radius 3 is 2.85 bits per heavy atom. The first-order chi connectivity index (χ1) is 6.18. The second-order valence-electron chi connectivity index (χ2n) is 3.83. The van der Waals surface area contributed by atoms with Crippen LogP contribution in [0.25, 0.3) is 0 Å². The van der Waals surface area contributed by atoms with Gasteiger partial charge < -0.3 is 5.73 Å². The van der Waals surface area contributed by atoms with E-state index in [1.165, 1.54) is 12.8 Å². The highest BCUT2D eigenvalue weighted by Crippen LogP contribution is 2.35. The number of rotatable bonds is 1. The fraction of sp³-hybridized carbons (Fsp3) is 0.750. The first-order valence-electron chi connectivity index (χ1n) is 4.61. The minimum Gasteiger partial charge on any atom is -0.368 e. The topological polar surface area (TPSA) is 59.6 Å². The number of nitrogens with one attached hydrogen (secondary N) is 1. The Balaban J connectivity index is 2.30. The van der Waals surface area contributed by atoms with Crippen molar-refractivity contribution in [2.24, 2.45) is 5.92 Å². The molecule has 0 spiro atoms. The summed E-state index contributed by atoms with van der Waals surface area (Å²) < 4.78 is 2.59. The fourth-order valence-electron chi connectivity index (χ4n) is 2.08. The molecule has 1 saturated carbocycles. The van der Waals surface area contributed by atoms with Crippen molar-refractivity contribution >= 4 is 18.2 Å². The Kier molecular flexibility index (Phi) is 2.11. The molecule has 1 aliphatic rings. The molecule has 2 rings (SSSR count). The van der Waals surface area contributed by atoms with E-state index in [1.807, 2.05) is 4.57 Å². The summed E-state index contributed by atoms with van der Waals surface area (Å²) in [6.07, 6.45) is 3.59. The first-order valence-corrected chi connectivity index (χ1v) is 5.01. The molecule has 1 aromatic heterocycles. The number of aromatic amines is 1. The smallest absolute Gasteiger partial charge is 0.220 e. The van der Waals surface area contributed by atoms with E-state index in [9.17, 15) is 0 Å². The minimum atomic E-state index is 0.459. The molecule has 0 bridgehead atoms. The summed E-state index contributed by atoms with van der Waals surface area (Å²) in [7, 11) is 0. The number of hydrogen-bond acceptors (Lipinski definition) is 3. The van der Waals surface area contributed by atoms with Gasteiger partial charge in [-0.3, -0.25) is 4.57 Å². The van der Waals surface area contributed by atoms with Crippen LogP contribution in [-0.2, 0) is 0 Å². The van der Waals surface area contributed by atoms with Crippen molar-refractivity contribution in [3.8, 4) is 0 Å². The molecule has 0 saturated heterocycles. The van der Waals surface area contributed by atoms with Crippen molar-refractivity contribution in [1.29, 1.82) is 0 Å². The zero-order valence-electron chi connectivity index (χ0n) is 7.66. The van der Waals surface area contributed by atoms with E-state index in [4.69, 9.17) is 18.0 Å². The van der Waals surface area contributed by atoms with Crippen LogP contribution in [-0.4, -0.2) is 14.8 Å². The lowest BCUT2D eigenvalue weighted by molar-refractivity contribution is 0.493. The fourth-order valence-corrected chi connectivity index (χ4v) is 2.37. The molecule has 0 aliphatic heterocycles. The third kappa shape index (κ3) is 1.48. The summed E-state index contributed by atoms with van der Waals surface area (Å²) in [4.78, 5) is 0. The van der Waals surface area contributed by atoms with Gasteiger partial charge in [-0.2, -0.15) is 0 Å². The summed E-state index contributed by atoms with van der Waals surface area (Å²) in [5.74, 6) is 1.30. The summed E-state index contributed by atoms with van der Waals surface area (Å²) >= 11 is 5.11. The van der Waals surface area contributed by atoms with Gasteiger partial charge in [0.05, 0.1) is 0 Å². The Bertz CT molecular complexity index is 353. The third-order valence-corrected chi connectivity index (χ3v) is 3.05. The number of nitrogens with two attached hydrogens (primary N) is 1. The maximum atomic E-state index is 5.72. The van der Waals surface area contributed by atoms with Crippen LogP contribution in [0.1, 0.15) is 32.2 Å². The molecule has 5 heteroatoms. The van der Waals surface area contributed by atoms with E-state index >= 15 is 0 Å². The van der Waals surface area contributed by atoms with E-state index in [1.54, 1.807) is 0 Å². The van der Waals surface area contributed by atoms with Crippen molar-refractivity contribution in [1.82, 2.24) is 14.8 Å². The molecular formula is C8H14N4S. The quantitative estimate of drug-likeness (QED) is 0.677. The lowest BCUT2D eigenvalue weighted by atomic mass is 10.1. The standard InChI is InChI=1S/C8H14N4S/c1-5-2-3-6(4-5)12-7(9)10-11-8(12)13/h5-6H,2-4H2,1H3,(H2,9,10)(H,11,13). The third-order valence-electron chi connectivity index (χ3n) is 2.76. The van der Waals surface area contributed by atoms with E-state index in [0.717, 1.165) is 12.3 Å². The Morgan fingerprint density at radius 1 is 1.62 bits per heavy atom. The normalized spacial score (nSPS) is 28.1. The summed E-state index contributed by atoms with van der Waals surface area (Å²) in [5.41, 5.74) is 5.72. The van der Waals surface area contributed by atoms with Gasteiger partial charge in [-0.05, 0) is 37.4 Å². The second kappa shape index (κ2) is 3.14. The molecule has 0 radical (unpaired) electrons. The molecule has 1 heterocycles. The van der Waals surface area contributed by atoms with Gasteiger partial charge >= 0.3 is 0 Å². The highest BCUT2D eigenvalue weighted by molar-refractivity contribution is 7.71. The zero-order valence-corrected chi connectivity index (χ0v) is 8.47. The molecule has 4 nitrogen and oxygen atoms in total. The average Bonchev–Trinajstić information content (AvgIpc) is 2.60. The largest absolute Gasteiger partial charge is 0.368 e. The lowest BCUT2D eigenvalue weighted by Gasteiger charge is -2.11. The number of aromatic nitrogens is 3. The van der Waals surface area contributed by atoms with E-state index in [-0.39, 0.29) is 0 Å². The number of anilines is 1. The predicted octanol–water partition coefficient (Wildman–Crippen LogP) is 1.88. The van der Waals surface area contributed by atoms with Gasteiger partial charge in [-0.25, -0.2) is 5.10 Å². The van der Waals surface area contributed by atoms with Crippen LogP contribution in [0.15, 0.2) is 0 Å². The van der Waals surface area contributed by atoms with Crippen LogP contribution >= 0.6 is 12.2 Å². The highest BCUT2D eigenvalue weighted by Gasteiger charge is 2.24. The monoisotopic (exact) mass is 198 g/mol. The van der Waals surface area contributed by atoms with Gasteiger partial charge in [0.2, 0.25) is 5.95 Å². The van der Waals surface area contributed by atoms with E-state index < -0.39 is 0 Å². The van der Waals surface area contributed by atoms with Gasteiger partial charge in [-0.15, -0.1) is 5.10 Å². The first kappa shape index (κ1) is 8.74. The van der Waals surface area contributed by atoms with Crippen LogP contribution in [0.5, 0.6) is 0 Å². The van der Waals surface area contributed by atoms with Gasteiger partial charge in [0.1, 0.15) is 0 Å². The molecule has 72 valence electrons. The zero-order chi connectivity index (χ0) is 9.42. The Labute approximate surface area is 82.1 Å². The van der Waals surface area contributed by atoms with Crippen LogP contribution in [0.2, 0.25) is 0 Å². The molecule has 1 aromatic rings. The number of nitrogen functional groups attached to an aromatic ring is 1. The average molecular weight is 198 g/mol. The van der Waals surface area contributed by atoms with Crippen LogP contribution < -0.4 is 5.73 Å². The lowest BCUT2D eigenvalue weighted by Crippen LogP contribution is -2.09. The molecule has 1 fully saturated rings. The number of H-pyrrole nitrogens is 1. The van der Waals surface area contributed by atoms with Crippen molar-refractivity contribution in [3.05, 3.63) is 4.77 Å². The van der Waals surface area contributed by atoms with Crippen molar-refractivity contribution in [3.63, 3.8) is 0 Å². The van der Waals surface area contributed by atoms with Crippen LogP contribution in [0, 0.1) is 10.7 Å². The predicted molar refractivity (Wildman–Crippen MR) is 53.9 cm³/mol. The number of nitrogens with zero attached hydrogens (tertiary/aromatic N) is 2. The van der Waals surface area contributed by atoms with Gasteiger partial charge in [-0.1, -0.05) is 6.92 Å². The number of hydrogen-bond donors (Lipinski definition) is 2. The van der Waals surface area contributed by atoms with E-state index in [0.29, 0.717) is 16.8 Å². The molecule has 3 N–H and O–H groups in total. The maximum absolute atomic E-state index is 5.72. The van der Waals surface area contributed by atoms with Crippen molar-refractivity contribution < 1.29 is 0 Å². The van der Waals surface area contributed by atoms with Crippen molar-refractivity contribution in [2.75, 3.05) is 5.73 Å². The molecular weight excluding hydrogens is 184 g/mol. The second-order valence-corrected chi connectivity index (χ2v) is 4.22. The van der Waals surface area contributed by atoms with Crippen LogP contribution in [0.4, 0.5) is 5.95 Å². The molecule has 13 heavy (non-hydrogen) atoms. The molecule has 1 aliphatic carbocycles. The molecule has 2 atom stereocenters. The summed E-state index contributed by atoms with van der Waals surface area (Å²) in [6.45, 7) is 2.26. The van der Waals surface area contributed by atoms with Gasteiger partial charge in [0, 0.05) is 6.04 Å². The Morgan fingerprint density at radius 2 is 2.38 bits per heavy atom. The van der Waals surface area contributed by atoms with E-state index in [2.05, 4.69) is 17.1 Å². The van der Waals surface area contributed by atoms with Crippen LogP contribution in [0.3, 0.4) is 0 Å². The summed E-state index contributed by atoms with van der Waals surface area (Å²) in [6, 6.07) is 0.459. The Hall–Kier alpha value is -0.840. The van der Waals surface area contributed by atoms with Gasteiger partial charge in [0.15, 0.2) is 4.77 Å². The van der Waals surface area contributed by atoms with Crippen molar-refractivity contribution in [2.45, 2.75) is 32.2 Å². The molecule has 0 amide bonds. The minimum absolute atomic E-state index is 0.459. The molecule has 0 aromatic carbocycles. The summed E-state index contributed by atoms with van der Waals surface area (Å²) in [5, 5.41) is 6.63. The van der Waals surface area contributed by atoms with Gasteiger partial charge in [0.25, 0.3) is 0 Å². The molecule has 2 unspecified atom stereocenters.